The monoisotopic (exact) mass is 894 g/mol. The molecule has 8 atom stereocenters. The van der Waals surface area contributed by atoms with Crippen LogP contribution in [-0.2, 0) is 62.2 Å². The molecule has 2 N–H and O–H groups in total. The predicted molar refractivity (Wildman–Crippen MR) is 235 cm³/mol. The number of hydrogen-bond acceptors (Lipinski definition) is 14. The summed E-state index contributed by atoms with van der Waals surface area (Å²) in [6.07, 6.45) is 1.25. The zero-order valence-corrected chi connectivity index (χ0v) is 40.3. The number of imide groups is 1. The van der Waals surface area contributed by atoms with Gasteiger partial charge in [0, 0.05) is 65.3 Å². The van der Waals surface area contributed by atoms with Gasteiger partial charge in [-0.25, -0.2) is 4.79 Å². The molecule has 19 heteroatoms. The van der Waals surface area contributed by atoms with Crippen molar-refractivity contribution in [2.24, 2.45) is 35.3 Å². The minimum atomic E-state index is -1.01. The number of primary amides is 1. The fraction of sp³-hybridized carbons (Fsp3) is 0.795. The van der Waals surface area contributed by atoms with Crippen LogP contribution in [0.1, 0.15) is 113 Å². The Morgan fingerprint density at radius 3 is 1.84 bits per heavy atom. The summed E-state index contributed by atoms with van der Waals surface area (Å²) in [7, 11) is 12.5. The van der Waals surface area contributed by atoms with Crippen LogP contribution in [0.3, 0.4) is 0 Å². The second-order valence-electron chi connectivity index (χ2n) is 16.8. The quantitative estimate of drug-likeness (QED) is 0.0636. The molecule has 2 radical (unpaired) electrons. The van der Waals surface area contributed by atoms with Gasteiger partial charge in [-0.05, 0) is 37.6 Å². The number of hydroxylamine groups is 2. The van der Waals surface area contributed by atoms with Crippen LogP contribution in [0.25, 0.3) is 0 Å². The molecular formula is C44H76BN5O13. The first-order valence-corrected chi connectivity index (χ1v) is 21.9. The van der Waals surface area contributed by atoms with Crippen molar-refractivity contribution in [3.63, 3.8) is 0 Å². The molecule has 2 aliphatic heterocycles. The lowest BCUT2D eigenvalue weighted by molar-refractivity contribution is -0.197. The number of likely N-dealkylation sites (tertiary alicyclic amines) is 1. The third-order valence-electron chi connectivity index (χ3n) is 11.8. The molecule has 0 aromatic heterocycles. The maximum Gasteiger partial charge on any atom is 0.342 e. The van der Waals surface area contributed by atoms with E-state index in [2.05, 4.69) is 19.6 Å². The second-order valence-corrected chi connectivity index (χ2v) is 16.8. The summed E-state index contributed by atoms with van der Waals surface area (Å²) in [5.74, 6) is -4.88. The smallest absolute Gasteiger partial charge is 0.342 e. The van der Waals surface area contributed by atoms with Crippen LogP contribution in [0.4, 0.5) is 0 Å². The van der Waals surface area contributed by atoms with Crippen molar-refractivity contribution in [1.82, 2.24) is 19.8 Å². The molecule has 0 unspecified atom stereocenters. The summed E-state index contributed by atoms with van der Waals surface area (Å²) in [5, 5.41) is 0.366. The highest BCUT2D eigenvalue weighted by Crippen LogP contribution is 2.31. The minimum absolute atomic E-state index is 0.00288. The van der Waals surface area contributed by atoms with Gasteiger partial charge in [-0.1, -0.05) is 68.6 Å². The Hall–Kier alpha value is -4.23. The lowest BCUT2D eigenvalue weighted by Gasteiger charge is -2.41. The molecule has 2 rings (SSSR count). The van der Waals surface area contributed by atoms with Gasteiger partial charge in [0.2, 0.25) is 17.7 Å². The molecule has 2 saturated heterocycles. The summed E-state index contributed by atoms with van der Waals surface area (Å²) in [4.78, 5) is 119. The van der Waals surface area contributed by atoms with Crippen molar-refractivity contribution < 1.29 is 62.2 Å². The highest BCUT2D eigenvalue weighted by atomic mass is 16.7. The van der Waals surface area contributed by atoms with Gasteiger partial charge in [0.1, 0.15) is 12.2 Å². The molecule has 63 heavy (non-hydrogen) atoms. The average molecular weight is 894 g/mol. The Bertz CT molecular complexity index is 1530. The number of ketones is 2. The highest BCUT2D eigenvalue weighted by molar-refractivity contribution is 6.05. The van der Waals surface area contributed by atoms with Gasteiger partial charge in [0.15, 0.2) is 5.78 Å². The van der Waals surface area contributed by atoms with Gasteiger partial charge in [-0.2, -0.15) is 0 Å². The number of rotatable bonds is 24. The van der Waals surface area contributed by atoms with Gasteiger partial charge in [-0.3, -0.25) is 43.3 Å². The largest absolute Gasteiger partial charge is 0.468 e. The Labute approximate surface area is 376 Å². The Morgan fingerprint density at radius 2 is 1.40 bits per heavy atom. The normalized spacial score (nSPS) is 18.3. The topological polar surface area (TPSA) is 230 Å². The summed E-state index contributed by atoms with van der Waals surface area (Å²) in [5.41, 5.74) is 4.71. The Balaban J connectivity index is 0.00000201. The summed E-state index contributed by atoms with van der Waals surface area (Å²) >= 11 is 0. The van der Waals surface area contributed by atoms with Crippen molar-refractivity contribution in [3.05, 3.63) is 0 Å². The van der Waals surface area contributed by atoms with Crippen molar-refractivity contribution in [2.45, 2.75) is 150 Å². The molecule has 0 saturated carbocycles. The third kappa shape index (κ3) is 17.7. The van der Waals surface area contributed by atoms with E-state index in [4.69, 9.17) is 19.9 Å². The van der Waals surface area contributed by atoms with Crippen molar-refractivity contribution >= 4 is 60.9 Å². The van der Waals surface area contributed by atoms with E-state index in [-0.39, 0.29) is 85.3 Å². The number of amides is 5. The van der Waals surface area contributed by atoms with Gasteiger partial charge in [0.05, 0.1) is 58.3 Å². The number of carbonyl (C=O) groups excluding carboxylic acids is 9. The van der Waals surface area contributed by atoms with Crippen LogP contribution in [0.15, 0.2) is 0 Å². The number of esters is 1. The predicted octanol–water partition coefficient (Wildman–Crippen LogP) is 2.92. The van der Waals surface area contributed by atoms with Crippen LogP contribution >= 0.6 is 0 Å². The van der Waals surface area contributed by atoms with E-state index in [1.165, 1.54) is 13.9 Å². The second kappa shape index (κ2) is 29.3. The number of Topliss-reactive ketones (excluding diaryl/α,β-unsaturated/α-hetero) is 2. The molecular weight excluding hydrogens is 817 g/mol. The number of nitrogens with two attached hydrogens (primary N) is 1. The van der Waals surface area contributed by atoms with Gasteiger partial charge in [0.25, 0.3) is 11.8 Å². The molecule has 18 nitrogen and oxygen atoms in total. The molecule has 0 bridgehead atoms. The first-order chi connectivity index (χ1) is 29.5. The number of hydrogen-bond donors (Lipinski definition) is 1. The fourth-order valence-corrected chi connectivity index (χ4v) is 8.30. The lowest BCUT2D eigenvalue weighted by atomic mass is 9.83. The molecule has 0 aromatic carbocycles. The SMILES string of the molecule is CCC(=O)[C@H](C)[C@@H](OC)[C@@H]1CCCN1C(=O)C[C@@H](OC)[C@H]([C@@H](C)CC)N(C)C(=O)[C@@H](CC(=O)[C@H](C(C)C)N(C)CC(=O)OC)C(C)C.NC(=O)CC(=O)ON1C(=O)CCC1=O.[B]C. The first-order valence-electron chi connectivity index (χ1n) is 21.9. The molecule has 2 heterocycles. The van der Waals surface area contributed by atoms with Crippen LogP contribution in [0.2, 0.25) is 6.82 Å². The zero-order valence-electron chi connectivity index (χ0n) is 40.3. The maximum absolute atomic E-state index is 14.3. The Kier molecular flexibility index (Phi) is 27.3. The zero-order chi connectivity index (χ0) is 48.9. The molecule has 0 aliphatic carbocycles. The van der Waals surface area contributed by atoms with Gasteiger partial charge < -0.3 is 34.6 Å². The Morgan fingerprint density at radius 1 is 0.825 bits per heavy atom. The molecule has 5 amide bonds. The van der Waals surface area contributed by atoms with E-state index in [0.717, 1.165) is 19.3 Å². The van der Waals surface area contributed by atoms with Crippen LogP contribution in [0.5, 0.6) is 0 Å². The van der Waals surface area contributed by atoms with Crippen LogP contribution in [-0.4, -0.2) is 159 Å². The average Bonchev–Trinajstić information content (AvgIpc) is 3.84. The van der Waals surface area contributed by atoms with Crippen molar-refractivity contribution in [3.8, 4) is 0 Å². The molecule has 0 spiro atoms. The summed E-state index contributed by atoms with van der Waals surface area (Å²) in [6.45, 7) is 17.6. The van der Waals surface area contributed by atoms with E-state index in [9.17, 15) is 43.2 Å². The fourth-order valence-electron chi connectivity index (χ4n) is 8.30. The number of carbonyl (C=O) groups is 9. The number of ether oxygens (including phenoxy) is 3. The summed E-state index contributed by atoms with van der Waals surface area (Å²) in [6, 6.07) is -1.18. The first kappa shape index (κ1) is 58.8. The van der Waals surface area contributed by atoms with Crippen LogP contribution < -0.4 is 5.73 Å². The van der Waals surface area contributed by atoms with Gasteiger partial charge in [-0.15, -0.1) is 5.06 Å². The molecule has 2 fully saturated rings. The molecule has 358 valence electrons. The molecule has 0 aromatic rings. The standard InChI is InChI=1S/C36H65N3O8.C7H8N2O5.CH3B/c1-14-24(7)34(30(45-11)20-31(42)39-18-16-17-27(39)35(47-13)25(8)28(40)15-2)38(10)36(44)26(22(3)4)19-29(41)33(23(5)6)37(9)21-32(43)46-12;8-4(10)3-7(13)14-9-5(11)1-2-6(9)12;1-2/h22-27,30,33-35H,14-21H2,1-13H3;1-3H2,(H2,8,10);1H3/t24-,25-,26-,27-,30+,33-,34-,35+;;/m0../s1. The van der Waals surface area contributed by atoms with E-state index in [0.29, 0.717) is 18.0 Å². The lowest BCUT2D eigenvalue weighted by Crippen LogP contribution is -2.54. The van der Waals surface area contributed by atoms with Crippen molar-refractivity contribution in [1.29, 1.82) is 0 Å². The maximum atomic E-state index is 14.3. The van der Waals surface area contributed by atoms with E-state index in [1.807, 2.05) is 53.4 Å². The van der Waals surface area contributed by atoms with Crippen molar-refractivity contribution in [2.75, 3.05) is 48.5 Å². The van der Waals surface area contributed by atoms with E-state index >= 15 is 0 Å². The number of likely N-dealkylation sites (N-methyl/N-ethyl adjacent to an activating group) is 2. The van der Waals surface area contributed by atoms with Gasteiger partial charge >= 0.3 is 11.9 Å². The number of nitrogens with zero attached hydrogens (tertiary/aromatic N) is 4. The molecule has 2 aliphatic rings. The minimum Gasteiger partial charge on any atom is -0.468 e. The van der Waals surface area contributed by atoms with E-state index < -0.39 is 66.3 Å². The summed E-state index contributed by atoms with van der Waals surface area (Å²) < 4.78 is 16.6. The van der Waals surface area contributed by atoms with E-state index in [1.54, 1.807) is 38.1 Å². The highest BCUT2D eigenvalue weighted by Gasteiger charge is 2.43. The number of methoxy groups -OCH3 is 3. The third-order valence-corrected chi connectivity index (χ3v) is 11.8. The van der Waals surface area contributed by atoms with Crippen LogP contribution in [0, 0.1) is 29.6 Å².